The van der Waals surface area contributed by atoms with Gasteiger partial charge in [0.2, 0.25) is 0 Å². The van der Waals surface area contributed by atoms with Crippen molar-refractivity contribution in [1.29, 1.82) is 0 Å². The number of methoxy groups -OCH3 is 1. The molecule has 1 aliphatic rings. The molecule has 0 atom stereocenters. The number of amides is 2. The number of hydrogen-bond acceptors (Lipinski definition) is 8. The fraction of sp³-hybridized carbons (Fsp3) is 0.115. The van der Waals surface area contributed by atoms with Gasteiger partial charge < -0.3 is 19.9 Å². The third kappa shape index (κ3) is 4.57. The van der Waals surface area contributed by atoms with Gasteiger partial charge in [0, 0.05) is 36.3 Å². The Morgan fingerprint density at radius 2 is 1.78 bits per heavy atom. The number of non-ortho nitro benzene ring substituents is 1. The van der Waals surface area contributed by atoms with Crippen LogP contribution >= 0.6 is 0 Å². The van der Waals surface area contributed by atoms with Crippen LogP contribution in [-0.2, 0) is 6.42 Å². The minimum absolute atomic E-state index is 0.0918. The van der Waals surface area contributed by atoms with E-state index in [1.165, 1.54) is 36.3 Å². The Labute approximate surface area is 210 Å². The van der Waals surface area contributed by atoms with Crippen LogP contribution in [0.25, 0.3) is 10.9 Å². The number of fused-ring (bicyclic) bond motifs is 2. The number of aromatic nitrogens is 1. The summed E-state index contributed by atoms with van der Waals surface area (Å²) in [5.74, 6) is 0.908. The molecule has 0 saturated heterocycles. The predicted molar refractivity (Wildman–Crippen MR) is 133 cm³/mol. The van der Waals surface area contributed by atoms with E-state index in [0.717, 1.165) is 5.56 Å². The first-order valence-electron chi connectivity index (χ1n) is 11.1. The van der Waals surface area contributed by atoms with Crippen LogP contribution in [0.1, 0.15) is 15.9 Å². The van der Waals surface area contributed by atoms with E-state index in [1.54, 1.807) is 36.5 Å². The molecule has 0 spiro atoms. The Morgan fingerprint density at radius 3 is 2.49 bits per heavy atom. The molecule has 3 aromatic carbocycles. The number of rotatable bonds is 6. The number of benzene rings is 3. The minimum atomic E-state index is -0.633. The third-order valence-corrected chi connectivity index (χ3v) is 5.94. The van der Waals surface area contributed by atoms with Crippen molar-refractivity contribution in [3.05, 3.63) is 88.1 Å². The summed E-state index contributed by atoms with van der Waals surface area (Å²) in [4.78, 5) is 40.7. The van der Waals surface area contributed by atoms with Gasteiger partial charge in [-0.25, -0.2) is 4.79 Å². The van der Waals surface area contributed by atoms with E-state index < -0.39 is 16.9 Å². The lowest BCUT2D eigenvalue weighted by atomic mass is 10.1. The lowest BCUT2D eigenvalue weighted by Crippen LogP contribution is -2.31. The molecule has 11 nitrogen and oxygen atoms in total. The first-order chi connectivity index (χ1) is 17.8. The molecule has 0 saturated carbocycles. The molecule has 1 aromatic heterocycles. The number of carbonyl (C=O) groups is 2. The first-order valence-corrected chi connectivity index (χ1v) is 11.1. The number of pyridine rings is 1. The van der Waals surface area contributed by atoms with E-state index in [-0.39, 0.29) is 17.0 Å². The number of nitro benzene ring substituents is 1. The van der Waals surface area contributed by atoms with Gasteiger partial charge in [-0.2, -0.15) is 0 Å². The molecule has 2 N–H and O–H groups in total. The predicted octanol–water partition coefficient (Wildman–Crippen LogP) is 4.60. The maximum atomic E-state index is 12.7. The van der Waals surface area contributed by atoms with E-state index in [0.29, 0.717) is 46.8 Å². The SMILES string of the molecule is COc1cc2nccc(Oc3ccc4c(c3)CCN4C(=O)Oc3ccc([N+](=O)[O-])cc3)c2cc1C(N)=O. The quantitative estimate of drug-likeness (QED) is 0.298. The maximum absolute atomic E-state index is 12.7. The number of nitro groups is 1. The second kappa shape index (κ2) is 9.46. The highest BCUT2D eigenvalue weighted by atomic mass is 16.6. The molecular weight excluding hydrogens is 480 g/mol. The highest BCUT2D eigenvalue weighted by molar-refractivity contribution is 6.01. The average molecular weight is 500 g/mol. The molecule has 1 aliphatic heterocycles. The fourth-order valence-electron chi connectivity index (χ4n) is 4.15. The average Bonchev–Trinajstić information content (AvgIpc) is 3.32. The summed E-state index contributed by atoms with van der Waals surface area (Å²) in [6.45, 7) is 0.407. The molecular formula is C26H20N4O7. The topological polar surface area (TPSA) is 147 Å². The van der Waals surface area contributed by atoms with Gasteiger partial charge >= 0.3 is 6.09 Å². The van der Waals surface area contributed by atoms with Crippen molar-refractivity contribution in [3.8, 4) is 23.0 Å². The monoisotopic (exact) mass is 500 g/mol. The van der Waals surface area contributed by atoms with Crippen molar-refractivity contribution in [3.63, 3.8) is 0 Å². The first kappa shape index (κ1) is 23.5. The highest BCUT2D eigenvalue weighted by Crippen LogP contribution is 2.36. The number of ether oxygens (including phenoxy) is 3. The zero-order valence-corrected chi connectivity index (χ0v) is 19.5. The molecule has 186 valence electrons. The zero-order chi connectivity index (χ0) is 26.1. The van der Waals surface area contributed by atoms with E-state index >= 15 is 0 Å². The van der Waals surface area contributed by atoms with Crippen molar-refractivity contribution in [2.75, 3.05) is 18.6 Å². The summed E-state index contributed by atoms with van der Waals surface area (Å²) in [6.07, 6.45) is 1.58. The molecule has 0 fully saturated rings. The molecule has 2 heterocycles. The number of nitrogens with two attached hydrogens (primary N) is 1. The zero-order valence-electron chi connectivity index (χ0n) is 19.5. The van der Waals surface area contributed by atoms with E-state index in [9.17, 15) is 19.7 Å². The summed E-state index contributed by atoms with van der Waals surface area (Å²) < 4.78 is 16.8. The summed E-state index contributed by atoms with van der Waals surface area (Å²) >= 11 is 0. The Hall–Kier alpha value is -5.19. The van der Waals surface area contributed by atoms with Crippen molar-refractivity contribution in [2.45, 2.75) is 6.42 Å². The molecule has 4 aromatic rings. The van der Waals surface area contributed by atoms with Crippen LogP contribution in [0.5, 0.6) is 23.0 Å². The molecule has 0 unspecified atom stereocenters. The van der Waals surface area contributed by atoms with Crippen molar-refractivity contribution in [2.24, 2.45) is 5.73 Å². The summed E-state index contributed by atoms with van der Waals surface area (Å²) in [5, 5.41) is 11.4. The minimum Gasteiger partial charge on any atom is -0.496 e. The van der Waals surface area contributed by atoms with Gasteiger partial charge in [-0.3, -0.25) is 24.8 Å². The summed E-state index contributed by atoms with van der Waals surface area (Å²) in [5.41, 5.74) is 7.76. The summed E-state index contributed by atoms with van der Waals surface area (Å²) in [7, 11) is 1.45. The van der Waals surface area contributed by atoms with Crippen LogP contribution in [-0.4, -0.2) is 35.6 Å². The fourth-order valence-corrected chi connectivity index (χ4v) is 4.15. The highest BCUT2D eigenvalue weighted by Gasteiger charge is 2.27. The van der Waals surface area contributed by atoms with Crippen molar-refractivity contribution < 1.29 is 28.7 Å². The van der Waals surface area contributed by atoms with Gasteiger partial charge in [0.25, 0.3) is 11.6 Å². The number of nitrogens with zero attached hydrogens (tertiary/aromatic N) is 3. The Kier molecular flexibility index (Phi) is 6.02. The molecule has 0 aliphatic carbocycles. The van der Waals surface area contributed by atoms with Gasteiger partial charge in [-0.1, -0.05) is 0 Å². The standard InChI is InChI=1S/C26H20N4O7/c1-35-24-14-21-19(13-20(24)25(27)31)23(8-10-28-21)36-18-6-7-22-15(12-18)9-11-29(22)26(32)37-17-4-2-16(3-5-17)30(33)34/h2-8,10,12-14H,9,11H2,1H3,(H2,27,31). The number of carbonyl (C=O) groups excluding carboxylic acids is 2. The van der Waals surface area contributed by atoms with Gasteiger partial charge in [0.15, 0.2) is 0 Å². The number of anilines is 1. The number of primary amides is 1. The largest absolute Gasteiger partial charge is 0.496 e. The Balaban J connectivity index is 1.36. The van der Waals surface area contributed by atoms with Crippen LogP contribution in [0.2, 0.25) is 0 Å². The maximum Gasteiger partial charge on any atom is 0.419 e. The van der Waals surface area contributed by atoms with Crippen LogP contribution in [0.3, 0.4) is 0 Å². The Bertz CT molecular complexity index is 1550. The van der Waals surface area contributed by atoms with Gasteiger partial charge in [-0.05, 0) is 54.4 Å². The Morgan fingerprint density at radius 1 is 1.03 bits per heavy atom. The molecule has 5 rings (SSSR count). The normalized spacial score (nSPS) is 12.2. The van der Waals surface area contributed by atoms with E-state index in [4.69, 9.17) is 19.9 Å². The third-order valence-electron chi connectivity index (χ3n) is 5.94. The molecule has 37 heavy (non-hydrogen) atoms. The van der Waals surface area contributed by atoms with Crippen LogP contribution in [0.15, 0.2) is 66.9 Å². The van der Waals surface area contributed by atoms with E-state index in [1.807, 2.05) is 6.07 Å². The number of hydrogen-bond donors (Lipinski definition) is 1. The summed E-state index contributed by atoms with van der Waals surface area (Å²) in [6, 6.07) is 15.5. The van der Waals surface area contributed by atoms with Crippen molar-refractivity contribution >= 4 is 34.3 Å². The van der Waals surface area contributed by atoms with E-state index in [2.05, 4.69) is 4.98 Å². The van der Waals surface area contributed by atoms with Gasteiger partial charge in [-0.15, -0.1) is 0 Å². The molecule has 11 heteroatoms. The molecule has 2 amide bonds. The second-order valence-electron chi connectivity index (χ2n) is 8.16. The smallest absolute Gasteiger partial charge is 0.419 e. The van der Waals surface area contributed by atoms with Gasteiger partial charge in [0.1, 0.15) is 23.0 Å². The molecule has 0 bridgehead atoms. The molecule has 0 radical (unpaired) electrons. The van der Waals surface area contributed by atoms with Gasteiger partial charge in [0.05, 0.1) is 28.8 Å². The second-order valence-corrected chi connectivity index (χ2v) is 8.16. The van der Waals surface area contributed by atoms with Crippen LogP contribution in [0, 0.1) is 10.1 Å². The lowest BCUT2D eigenvalue weighted by molar-refractivity contribution is -0.384. The lowest BCUT2D eigenvalue weighted by Gasteiger charge is -2.17. The van der Waals surface area contributed by atoms with Crippen LogP contribution in [0.4, 0.5) is 16.2 Å². The van der Waals surface area contributed by atoms with Crippen molar-refractivity contribution in [1.82, 2.24) is 4.98 Å². The van der Waals surface area contributed by atoms with Crippen LogP contribution < -0.4 is 24.8 Å².